The predicted molar refractivity (Wildman–Crippen MR) is 74.4 cm³/mol. The molecule has 3 N–H and O–H groups in total. The maximum absolute atomic E-state index is 12.0. The summed E-state index contributed by atoms with van der Waals surface area (Å²) >= 11 is 5.76. The predicted octanol–water partition coefficient (Wildman–Crippen LogP) is 2.69. The lowest BCUT2D eigenvalue weighted by atomic mass is 10.1. The van der Waals surface area contributed by atoms with Gasteiger partial charge in [-0.1, -0.05) is 17.7 Å². The lowest BCUT2D eigenvalue weighted by Gasteiger charge is -2.06. The molecule has 0 aromatic heterocycles. The Balaban J connectivity index is 2.18. The molecule has 0 fully saturated rings. The van der Waals surface area contributed by atoms with E-state index in [1.165, 1.54) is 6.07 Å². The molecule has 96 valence electrons. The van der Waals surface area contributed by atoms with Crippen molar-refractivity contribution in [1.82, 2.24) is 0 Å². The topological polar surface area (TPSA) is 72.2 Å². The van der Waals surface area contributed by atoms with Crippen molar-refractivity contribution >= 4 is 29.1 Å². The largest absolute Gasteiger partial charge is 0.366 e. The monoisotopic (exact) mass is 274 g/mol. The van der Waals surface area contributed by atoms with Crippen molar-refractivity contribution in [1.29, 1.82) is 0 Å². The highest BCUT2D eigenvalue weighted by Crippen LogP contribution is 2.15. The van der Waals surface area contributed by atoms with Crippen molar-refractivity contribution < 1.29 is 9.59 Å². The molecule has 0 heterocycles. The maximum Gasteiger partial charge on any atom is 0.255 e. The summed E-state index contributed by atoms with van der Waals surface area (Å²) in [7, 11) is 0. The third-order valence-electron chi connectivity index (χ3n) is 2.51. The Hall–Kier alpha value is -2.33. The van der Waals surface area contributed by atoms with Crippen molar-refractivity contribution in [2.45, 2.75) is 0 Å². The van der Waals surface area contributed by atoms with E-state index < -0.39 is 5.91 Å². The number of carbonyl (C=O) groups excluding carboxylic acids is 2. The Labute approximate surface area is 115 Å². The number of hydrogen-bond acceptors (Lipinski definition) is 2. The molecule has 0 bridgehead atoms. The highest BCUT2D eigenvalue weighted by molar-refractivity contribution is 6.30. The Bertz CT molecular complexity index is 624. The highest BCUT2D eigenvalue weighted by Gasteiger charge is 2.08. The van der Waals surface area contributed by atoms with Gasteiger partial charge in [0.15, 0.2) is 0 Å². The van der Waals surface area contributed by atoms with E-state index in [1.807, 2.05) is 0 Å². The van der Waals surface area contributed by atoms with Crippen molar-refractivity contribution in [3.05, 3.63) is 64.7 Å². The number of hydrogen-bond donors (Lipinski definition) is 2. The number of nitrogens with one attached hydrogen (secondary N) is 1. The van der Waals surface area contributed by atoms with E-state index in [-0.39, 0.29) is 5.91 Å². The molecule has 2 aromatic carbocycles. The molecule has 2 amide bonds. The van der Waals surface area contributed by atoms with Crippen LogP contribution in [0.15, 0.2) is 48.5 Å². The second kappa shape index (κ2) is 5.54. The highest BCUT2D eigenvalue weighted by atomic mass is 35.5. The number of halogens is 1. The molecule has 5 heteroatoms. The summed E-state index contributed by atoms with van der Waals surface area (Å²) in [5, 5.41) is 3.29. The molecule has 0 unspecified atom stereocenters. The lowest BCUT2D eigenvalue weighted by molar-refractivity contribution is 0.1000. The number of primary amides is 1. The molecular weight excluding hydrogens is 264 g/mol. The van der Waals surface area contributed by atoms with Gasteiger partial charge < -0.3 is 11.1 Å². The van der Waals surface area contributed by atoms with Crippen molar-refractivity contribution in [3.63, 3.8) is 0 Å². The summed E-state index contributed by atoms with van der Waals surface area (Å²) in [5.41, 5.74) is 6.45. The van der Waals surface area contributed by atoms with E-state index in [1.54, 1.807) is 42.5 Å². The first-order chi connectivity index (χ1) is 9.06. The Morgan fingerprint density at radius 2 is 1.63 bits per heavy atom. The van der Waals surface area contributed by atoms with Crippen LogP contribution in [-0.4, -0.2) is 11.8 Å². The first-order valence-corrected chi connectivity index (χ1v) is 5.91. The Morgan fingerprint density at radius 3 is 2.26 bits per heavy atom. The minimum Gasteiger partial charge on any atom is -0.366 e. The molecule has 4 nitrogen and oxygen atoms in total. The number of carbonyl (C=O) groups is 2. The van der Waals surface area contributed by atoms with Gasteiger partial charge in [0.05, 0.1) is 0 Å². The third kappa shape index (κ3) is 3.33. The van der Waals surface area contributed by atoms with Gasteiger partial charge in [0.25, 0.3) is 5.91 Å². The zero-order valence-electron chi connectivity index (χ0n) is 9.89. The normalized spacial score (nSPS) is 9.95. The molecule has 2 rings (SSSR count). The van der Waals surface area contributed by atoms with Crippen molar-refractivity contribution in [3.8, 4) is 0 Å². The molecule has 0 radical (unpaired) electrons. The zero-order valence-corrected chi connectivity index (χ0v) is 10.6. The third-order valence-corrected chi connectivity index (χ3v) is 2.76. The number of amides is 2. The molecule has 0 aliphatic heterocycles. The quantitative estimate of drug-likeness (QED) is 0.903. The SMILES string of the molecule is NC(=O)c1cccc(C(=O)Nc2ccc(Cl)cc2)c1. The minimum absolute atomic E-state index is 0.295. The Morgan fingerprint density at radius 1 is 1.00 bits per heavy atom. The van der Waals surface area contributed by atoms with Crippen LogP contribution in [0.5, 0.6) is 0 Å². The number of anilines is 1. The minimum atomic E-state index is -0.568. The zero-order chi connectivity index (χ0) is 13.8. The van der Waals surface area contributed by atoms with Crippen LogP contribution in [0.25, 0.3) is 0 Å². The molecule has 0 saturated heterocycles. The van der Waals surface area contributed by atoms with Gasteiger partial charge in [-0.05, 0) is 42.5 Å². The Kier molecular flexibility index (Phi) is 3.82. The number of nitrogens with two attached hydrogens (primary N) is 1. The number of rotatable bonds is 3. The van der Waals surface area contributed by atoms with Crippen LogP contribution in [0, 0.1) is 0 Å². The van der Waals surface area contributed by atoms with E-state index in [2.05, 4.69) is 5.32 Å². The van der Waals surface area contributed by atoms with Crippen LogP contribution in [0.1, 0.15) is 20.7 Å². The molecule has 19 heavy (non-hydrogen) atoms. The fourth-order valence-corrected chi connectivity index (χ4v) is 1.68. The molecule has 0 spiro atoms. The summed E-state index contributed by atoms with van der Waals surface area (Å²) in [6, 6.07) is 13.0. The van der Waals surface area contributed by atoms with Gasteiger partial charge in [0.2, 0.25) is 5.91 Å². The summed E-state index contributed by atoms with van der Waals surface area (Å²) in [6.07, 6.45) is 0. The average molecular weight is 275 g/mol. The van der Waals surface area contributed by atoms with Gasteiger partial charge >= 0.3 is 0 Å². The fraction of sp³-hybridized carbons (Fsp3) is 0. The van der Waals surface area contributed by atoms with Crippen LogP contribution < -0.4 is 11.1 Å². The van der Waals surface area contributed by atoms with E-state index in [0.29, 0.717) is 21.8 Å². The first-order valence-electron chi connectivity index (χ1n) is 5.53. The summed E-state index contributed by atoms with van der Waals surface area (Å²) in [5.74, 6) is -0.883. The average Bonchev–Trinajstić information content (AvgIpc) is 2.41. The second-order valence-electron chi connectivity index (χ2n) is 3.91. The molecular formula is C14H11ClN2O2. The number of benzene rings is 2. The summed E-state index contributed by atoms with van der Waals surface area (Å²) in [4.78, 5) is 23.0. The summed E-state index contributed by atoms with van der Waals surface area (Å²) < 4.78 is 0. The van der Waals surface area contributed by atoms with Gasteiger partial charge in [0, 0.05) is 21.8 Å². The van der Waals surface area contributed by atoms with Gasteiger partial charge in [-0.2, -0.15) is 0 Å². The van der Waals surface area contributed by atoms with Gasteiger partial charge in [0.1, 0.15) is 0 Å². The van der Waals surface area contributed by atoms with E-state index in [4.69, 9.17) is 17.3 Å². The maximum atomic E-state index is 12.0. The molecule has 0 aliphatic rings. The van der Waals surface area contributed by atoms with Crippen LogP contribution in [0.2, 0.25) is 5.02 Å². The van der Waals surface area contributed by atoms with Crippen LogP contribution in [0.4, 0.5) is 5.69 Å². The molecule has 0 atom stereocenters. The summed E-state index contributed by atoms with van der Waals surface area (Å²) in [6.45, 7) is 0. The van der Waals surface area contributed by atoms with E-state index in [0.717, 1.165) is 0 Å². The first kappa shape index (κ1) is 13.1. The van der Waals surface area contributed by atoms with Crippen LogP contribution >= 0.6 is 11.6 Å². The van der Waals surface area contributed by atoms with Crippen LogP contribution in [-0.2, 0) is 0 Å². The van der Waals surface area contributed by atoms with Gasteiger partial charge in [-0.15, -0.1) is 0 Å². The van der Waals surface area contributed by atoms with Crippen LogP contribution in [0.3, 0.4) is 0 Å². The standard InChI is InChI=1S/C14H11ClN2O2/c15-11-4-6-12(7-5-11)17-14(19)10-3-1-2-9(8-10)13(16)18/h1-8H,(H2,16,18)(H,17,19). The van der Waals surface area contributed by atoms with E-state index >= 15 is 0 Å². The fourth-order valence-electron chi connectivity index (χ4n) is 1.55. The van der Waals surface area contributed by atoms with Crippen molar-refractivity contribution in [2.24, 2.45) is 5.73 Å². The van der Waals surface area contributed by atoms with Gasteiger partial charge in [-0.25, -0.2) is 0 Å². The van der Waals surface area contributed by atoms with E-state index in [9.17, 15) is 9.59 Å². The second-order valence-corrected chi connectivity index (χ2v) is 4.34. The lowest BCUT2D eigenvalue weighted by Crippen LogP contribution is -2.15. The molecule has 0 aliphatic carbocycles. The van der Waals surface area contributed by atoms with Gasteiger partial charge in [-0.3, -0.25) is 9.59 Å². The smallest absolute Gasteiger partial charge is 0.255 e. The molecule has 0 saturated carbocycles. The van der Waals surface area contributed by atoms with Crippen molar-refractivity contribution in [2.75, 3.05) is 5.32 Å². The molecule has 2 aromatic rings.